The van der Waals surface area contributed by atoms with Gasteiger partial charge in [-0.25, -0.2) is 0 Å². The minimum atomic E-state index is 0.958. The molecule has 0 heterocycles. The monoisotopic (exact) mass is 252 g/mol. The largest absolute Gasteiger partial charge is 0.0654 e. The van der Waals surface area contributed by atoms with Crippen molar-refractivity contribution in [2.75, 3.05) is 0 Å². The first kappa shape index (κ1) is 16.1. The average molecular weight is 252 g/mol. The van der Waals surface area contributed by atoms with E-state index in [0.29, 0.717) is 0 Å². The van der Waals surface area contributed by atoms with Gasteiger partial charge in [-0.1, -0.05) is 79.1 Å². The van der Waals surface area contributed by atoms with Gasteiger partial charge in [-0.05, 0) is 36.5 Å². The van der Waals surface area contributed by atoms with Crippen molar-refractivity contribution in [3.63, 3.8) is 0 Å². The van der Waals surface area contributed by atoms with Crippen LogP contribution in [0.25, 0.3) is 0 Å². The Labute approximate surface area is 116 Å². The highest BCUT2D eigenvalue weighted by Gasteiger charge is 2.25. The van der Waals surface area contributed by atoms with Gasteiger partial charge in [0.2, 0.25) is 0 Å². The first-order valence-electron chi connectivity index (χ1n) is 8.67. The summed E-state index contributed by atoms with van der Waals surface area (Å²) in [6, 6.07) is 0. The van der Waals surface area contributed by atoms with Gasteiger partial charge in [0.05, 0.1) is 0 Å². The molecule has 0 aliphatic heterocycles. The van der Waals surface area contributed by atoms with E-state index in [1.807, 2.05) is 0 Å². The molecule has 0 saturated heterocycles. The second-order valence-corrected chi connectivity index (χ2v) is 7.02. The minimum absolute atomic E-state index is 0.958. The molecule has 18 heavy (non-hydrogen) atoms. The Hall–Kier alpha value is 0. The van der Waals surface area contributed by atoms with E-state index in [9.17, 15) is 0 Å². The normalized spacial score (nSPS) is 28.0. The van der Waals surface area contributed by atoms with Crippen LogP contribution in [0.3, 0.4) is 0 Å². The van der Waals surface area contributed by atoms with Gasteiger partial charge < -0.3 is 0 Å². The van der Waals surface area contributed by atoms with Crippen molar-refractivity contribution >= 4 is 0 Å². The highest BCUT2D eigenvalue weighted by atomic mass is 14.3. The fourth-order valence-corrected chi connectivity index (χ4v) is 3.88. The van der Waals surface area contributed by atoms with Crippen LogP contribution in [0.2, 0.25) is 0 Å². The van der Waals surface area contributed by atoms with Gasteiger partial charge in [-0.3, -0.25) is 0 Å². The second-order valence-electron chi connectivity index (χ2n) is 7.02. The summed E-state index contributed by atoms with van der Waals surface area (Å²) in [6.07, 6.45) is 14.6. The summed E-state index contributed by atoms with van der Waals surface area (Å²) >= 11 is 0. The van der Waals surface area contributed by atoms with Crippen LogP contribution in [0.1, 0.15) is 91.9 Å². The molecule has 0 radical (unpaired) electrons. The van der Waals surface area contributed by atoms with E-state index >= 15 is 0 Å². The molecule has 1 aliphatic rings. The SMILES string of the molecule is CCCCC(C)CCC(CC)C1CCCC(C)C1. The van der Waals surface area contributed by atoms with E-state index in [2.05, 4.69) is 27.7 Å². The van der Waals surface area contributed by atoms with Crippen LogP contribution in [0.5, 0.6) is 0 Å². The Morgan fingerprint density at radius 1 is 1.06 bits per heavy atom. The van der Waals surface area contributed by atoms with Crippen LogP contribution in [0.4, 0.5) is 0 Å². The number of rotatable bonds is 8. The minimum Gasteiger partial charge on any atom is -0.0654 e. The van der Waals surface area contributed by atoms with Crippen molar-refractivity contribution in [2.45, 2.75) is 91.9 Å². The zero-order chi connectivity index (χ0) is 13.4. The molecule has 0 spiro atoms. The first-order chi connectivity index (χ1) is 8.67. The summed E-state index contributed by atoms with van der Waals surface area (Å²) in [5.41, 5.74) is 0. The molecule has 0 nitrogen and oxygen atoms in total. The number of hydrogen-bond donors (Lipinski definition) is 0. The third-order valence-electron chi connectivity index (χ3n) is 5.25. The lowest BCUT2D eigenvalue weighted by atomic mass is 9.73. The number of unbranched alkanes of at least 4 members (excludes halogenated alkanes) is 1. The van der Waals surface area contributed by atoms with Gasteiger partial charge in [0.1, 0.15) is 0 Å². The molecule has 1 fully saturated rings. The Kier molecular flexibility index (Phi) is 8.02. The van der Waals surface area contributed by atoms with E-state index < -0.39 is 0 Å². The molecule has 1 saturated carbocycles. The average Bonchev–Trinajstić information content (AvgIpc) is 2.37. The van der Waals surface area contributed by atoms with Gasteiger partial charge in [0, 0.05) is 0 Å². The van der Waals surface area contributed by atoms with E-state index in [1.54, 1.807) is 0 Å². The molecule has 0 bridgehead atoms. The summed E-state index contributed by atoms with van der Waals surface area (Å²) < 4.78 is 0. The summed E-state index contributed by atoms with van der Waals surface area (Å²) in [6.45, 7) is 9.65. The van der Waals surface area contributed by atoms with Crippen LogP contribution < -0.4 is 0 Å². The zero-order valence-corrected chi connectivity index (χ0v) is 13.4. The van der Waals surface area contributed by atoms with Gasteiger partial charge in [-0.15, -0.1) is 0 Å². The molecule has 1 rings (SSSR count). The maximum atomic E-state index is 2.46. The lowest BCUT2D eigenvalue weighted by Crippen LogP contribution is -2.21. The van der Waals surface area contributed by atoms with Gasteiger partial charge in [0.15, 0.2) is 0 Å². The molecular formula is C18H36. The van der Waals surface area contributed by atoms with E-state index in [4.69, 9.17) is 0 Å². The molecule has 4 atom stereocenters. The lowest BCUT2D eigenvalue weighted by molar-refractivity contribution is 0.182. The molecule has 0 aromatic rings. The predicted molar refractivity (Wildman–Crippen MR) is 82.8 cm³/mol. The van der Waals surface area contributed by atoms with Crippen molar-refractivity contribution in [3.05, 3.63) is 0 Å². The van der Waals surface area contributed by atoms with E-state index in [0.717, 1.165) is 23.7 Å². The fraction of sp³-hybridized carbons (Fsp3) is 1.00. The lowest BCUT2D eigenvalue weighted by Gasteiger charge is -2.33. The van der Waals surface area contributed by atoms with Crippen molar-refractivity contribution in [1.82, 2.24) is 0 Å². The number of hydrogen-bond acceptors (Lipinski definition) is 0. The standard InChI is InChI=1S/C18H36/c1-5-7-9-15(3)12-13-17(6-2)18-11-8-10-16(4)14-18/h15-18H,5-14H2,1-4H3. The Morgan fingerprint density at radius 3 is 2.44 bits per heavy atom. The molecule has 0 heteroatoms. The highest BCUT2D eigenvalue weighted by molar-refractivity contribution is 4.77. The van der Waals surface area contributed by atoms with Crippen molar-refractivity contribution in [3.8, 4) is 0 Å². The quantitative estimate of drug-likeness (QED) is 0.466. The van der Waals surface area contributed by atoms with Gasteiger partial charge in [-0.2, -0.15) is 0 Å². The summed E-state index contributed by atoms with van der Waals surface area (Å²) in [5, 5.41) is 0. The van der Waals surface area contributed by atoms with Crippen LogP contribution in [-0.2, 0) is 0 Å². The topological polar surface area (TPSA) is 0 Å². The Balaban J connectivity index is 2.27. The maximum absolute atomic E-state index is 2.46. The highest BCUT2D eigenvalue weighted by Crippen LogP contribution is 2.37. The molecule has 0 aromatic heterocycles. The second kappa shape index (κ2) is 8.99. The summed E-state index contributed by atoms with van der Waals surface area (Å²) in [7, 11) is 0. The molecule has 0 amide bonds. The first-order valence-corrected chi connectivity index (χ1v) is 8.67. The fourth-order valence-electron chi connectivity index (χ4n) is 3.88. The van der Waals surface area contributed by atoms with Crippen molar-refractivity contribution < 1.29 is 0 Å². The zero-order valence-electron chi connectivity index (χ0n) is 13.4. The Morgan fingerprint density at radius 2 is 1.83 bits per heavy atom. The third-order valence-corrected chi connectivity index (χ3v) is 5.25. The summed E-state index contributed by atoms with van der Waals surface area (Å²) in [4.78, 5) is 0. The molecule has 4 unspecified atom stereocenters. The Bertz CT molecular complexity index is 196. The van der Waals surface area contributed by atoms with Crippen molar-refractivity contribution in [2.24, 2.45) is 23.7 Å². The molecule has 0 N–H and O–H groups in total. The van der Waals surface area contributed by atoms with Crippen LogP contribution in [0, 0.1) is 23.7 Å². The third kappa shape index (κ3) is 5.76. The van der Waals surface area contributed by atoms with Crippen molar-refractivity contribution in [1.29, 1.82) is 0 Å². The molecular weight excluding hydrogens is 216 g/mol. The molecule has 0 aromatic carbocycles. The summed E-state index contributed by atoms with van der Waals surface area (Å²) in [5.74, 6) is 4.03. The predicted octanol–water partition coefficient (Wildman–Crippen LogP) is 6.45. The maximum Gasteiger partial charge on any atom is -0.0383 e. The van der Waals surface area contributed by atoms with Gasteiger partial charge in [0.25, 0.3) is 0 Å². The van der Waals surface area contributed by atoms with Crippen LogP contribution >= 0.6 is 0 Å². The van der Waals surface area contributed by atoms with Crippen LogP contribution in [-0.4, -0.2) is 0 Å². The van der Waals surface area contributed by atoms with Gasteiger partial charge >= 0.3 is 0 Å². The smallest absolute Gasteiger partial charge is 0.0383 e. The molecule has 1 aliphatic carbocycles. The van der Waals surface area contributed by atoms with E-state index in [1.165, 1.54) is 64.2 Å². The van der Waals surface area contributed by atoms with Crippen LogP contribution in [0.15, 0.2) is 0 Å². The van der Waals surface area contributed by atoms with E-state index in [-0.39, 0.29) is 0 Å². The molecule has 108 valence electrons.